The number of carbonyl (C=O) groups is 1. The Morgan fingerprint density at radius 3 is 2.34 bits per heavy atom. The summed E-state index contributed by atoms with van der Waals surface area (Å²) in [4.78, 5) is 23.8. The molecular weight excluding hydrogens is 493 g/mol. The summed E-state index contributed by atoms with van der Waals surface area (Å²) in [5, 5.41) is 6.54. The minimum Gasteiger partial charge on any atom is -0.342 e. The second-order valence-electron chi connectivity index (χ2n) is 6.44. The topological polar surface area (TPSA) is 120 Å². The molecule has 0 unspecified atom stereocenters. The van der Waals surface area contributed by atoms with Crippen LogP contribution in [0.4, 0.5) is 13.2 Å². The first kappa shape index (κ1) is 25.5. The third-order valence-electron chi connectivity index (χ3n) is 4.03. The summed E-state index contributed by atoms with van der Waals surface area (Å²) < 4.78 is 62.7. The van der Waals surface area contributed by atoms with Crippen molar-refractivity contribution in [1.29, 1.82) is 0 Å². The Labute approximate surface area is 192 Å². The number of sulfone groups is 1. The van der Waals surface area contributed by atoms with Crippen molar-refractivity contribution in [1.82, 2.24) is 30.0 Å². The summed E-state index contributed by atoms with van der Waals surface area (Å²) in [6, 6.07) is 2.89. The lowest BCUT2D eigenvalue weighted by Crippen LogP contribution is -2.29. The predicted molar refractivity (Wildman–Crippen MR) is 113 cm³/mol. The van der Waals surface area contributed by atoms with Gasteiger partial charge in [0, 0.05) is 29.2 Å². The second-order valence-corrected chi connectivity index (χ2v) is 8.89. The summed E-state index contributed by atoms with van der Waals surface area (Å²) in [7, 11) is -3.60. The van der Waals surface area contributed by atoms with Gasteiger partial charge >= 0.3 is 6.18 Å². The molecule has 2 aromatic heterocycles. The molecule has 3 rings (SSSR count). The lowest BCUT2D eigenvalue weighted by atomic mass is 10.2. The summed E-state index contributed by atoms with van der Waals surface area (Å²) in [6.45, 7) is 1.55. The van der Waals surface area contributed by atoms with Crippen molar-refractivity contribution >= 4 is 40.8 Å². The molecule has 9 nitrogen and oxygen atoms in total. The lowest BCUT2D eigenvalue weighted by Gasteiger charge is -2.15. The van der Waals surface area contributed by atoms with E-state index in [4.69, 9.17) is 11.6 Å². The Bertz CT molecular complexity index is 1230. The van der Waals surface area contributed by atoms with Crippen LogP contribution in [0, 0.1) is 0 Å². The van der Waals surface area contributed by atoms with E-state index in [1.807, 2.05) is 0 Å². The molecule has 0 fully saturated rings. The van der Waals surface area contributed by atoms with E-state index >= 15 is 0 Å². The number of rotatable bonds is 5. The standard InChI is InChI=1S/C17H14ClF3N6O3S.H2S/c1-9(26-15(28)10-3-12(18)5-13(4-10)31(2,29)30)14-24-8-25-27(14)16-22-6-11(7-23-16)17(19,20)21;/h3-9H,1-2H3,(H,26,28);1H2/t9-;/m1./s1. The molecule has 0 saturated heterocycles. The number of benzene rings is 1. The van der Waals surface area contributed by atoms with Crippen LogP contribution in [0.5, 0.6) is 0 Å². The van der Waals surface area contributed by atoms with E-state index in [0.717, 1.165) is 17.3 Å². The molecule has 0 bridgehead atoms. The molecule has 0 spiro atoms. The predicted octanol–water partition coefficient (Wildman–Crippen LogP) is 2.74. The van der Waals surface area contributed by atoms with Crippen LogP contribution in [0.2, 0.25) is 5.02 Å². The Balaban J connectivity index is 0.00000363. The van der Waals surface area contributed by atoms with Gasteiger partial charge < -0.3 is 5.32 Å². The largest absolute Gasteiger partial charge is 0.419 e. The summed E-state index contributed by atoms with van der Waals surface area (Å²) in [6.07, 6.45) is -1.27. The fraction of sp³-hybridized carbons (Fsp3) is 0.235. The highest BCUT2D eigenvalue weighted by atomic mass is 35.5. The maximum Gasteiger partial charge on any atom is 0.419 e. The van der Waals surface area contributed by atoms with Crippen LogP contribution in [0.25, 0.3) is 5.95 Å². The summed E-state index contributed by atoms with van der Waals surface area (Å²) in [5.41, 5.74) is -1.03. The van der Waals surface area contributed by atoms with E-state index in [1.165, 1.54) is 18.2 Å². The van der Waals surface area contributed by atoms with Crippen molar-refractivity contribution in [3.63, 3.8) is 0 Å². The fourth-order valence-electron chi connectivity index (χ4n) is 2.53. The summed E-state index contributed by atoms with van der Waals surface area (Å²) in [5.74, 6) is -0.690. The zero-order chi connectivity index (χ0) is 23.0. The van der Waals surface area contributed by atoms with Crippen molar-refractivity contribution < 1.29 is 26.4 Å². The van der Waals surface area contributed by atoms with Crippen molar-refractivity contribution in [2.45, 2.75) is 24.0 Å². The molecular formula is C17H16ClF3N6O3S2. The Hall–Kier alpha value is -2.71. The average Bonchev–Trinajstić information content (AvgIpc) is 3.16. The first-order valence-corrected chi connectivity index (χ1v) is 10.7. The first-order valence-electron chi connectivity index (χ1n) is 8.47. The number of aromatic nitrogens is 5. The van der Waals surface area contributed by atoms with Gasteiger partial charge in [-0.05, 0) is 25.1 Å². The van der Waals surface area contributed by atoms with Gasteiger partial charge in [-0.15, -0.1) is 0 Å². The molecule has 15 heteroatoms. The number of nitrogens with zero attached hydrogens (tertiary/aromatic N) is 5. The highest BCUT2D eigenvalue weighted by Crippen LogP contribution is 2.28. The molecule has 1 N–H and O–H groups in total. The van der Waals surface area contributed by atoms with Crippen molar-refractivity contribution in [3.8, 4) is 5.95 Å². The molecule has 3 aromatic rings. The minimum absolute atomic E-state index is 0. The van der Waals surface area contributed by atoms with Gasteiger partial charge in [0.1, 0.15) is 6.33 Å². The number of carbonyl (C=O) groups excluding carboxylic acids is 1. The summed E-state index contributed by atoms with van der Waals surface area (Å²) >= 11 is 5.92. The molecule has 0 aliphatic rings. The van der Waals surface area contributed by atoms with E-state index in [2.05, 4.69) is 25.4 Å². The monoisotopic (exact) mass is 508 g/mol. The zero-order valence-corrected chi connectivity index (χ0v) is 19.0. The molecule has 0 saturated carbocycles. The molecule has 32 heavy (non-hydrogen) atoms. The first-order chi connectivity index (χ1) is 14.4. The highest BCUT2D eigenvalue weighted by molar-refractivity contribution is 7.90. The molecule has 2 heterocycles. The number of hydrogen-bond donors (Lipinski definition) is 1. The molecule has 0 aliphatic heterocycles. The highest BCUT2D eigenvalue weighted by Gasteiger charge is 2.31. The van der Waals surface area contributed by atoms with Gasteiger partial charge in [-0.2, -0.15) is 36.4 Å². The zero-order valence-electron chi connectivity index (χ0n) is 16.4. The van der Waals surface area contributed by atoms with Gasteiger partial charge in [0.05, 0.1) is 16.5 Å². The van der Waals surface area contributed by atoms with Gasteiger partial charge in [-0.1, -0.05) is 11.6 Å². The van der Waals surface area contributed by atoms with Crippen molar-refractivity contribution in [2.24, 2.45) is 0 Å². The maximum atomic E-state index is 12.7. The van der Waals surface area contributed by atoms with E-state index < -0.39 is 33.5 Å². The lowest BCUT2D eigenvalue weighted by molar-refractivity contribution is -0.138. The van der Waals surface area contributed by atoms with Gasteiger partial charge in [-0.25, -0.2) is 23.4 Å². The number of amides is 1. The number of hydrogen-bond acceptors (Lipinski definition) is 7. The number of alkyl halides is 3. The second kappa shape index (κ2) is 9.42. The van der Waals surface area contributed by atoms with E-state index in [9.17, 15) is 26.4 Å². The number of halogens is 4. The minimum atomic E-state index is -4.59. The quantitative estimate of drug-likeness (QED) is 0.562. The van der Waals surface area contributed by atoms with E-state index in [0.29, 0.717) is 12.4 Å². The maximum absolute atomic E-state index is 12.7. The van der Waals surface area contributed by atoms with Gasteiger partial charge in [0.15, 0.2) is 15.7 Å². The smallest absolute Gasteiger partial charge is 0.342 e. The van der Waals surface area contributed by atoms with Gasteiger partial charge in [0.25, 0.3) is 11.9 Å². The fourth-order valence-corrected chi connectivity index (χ4v) is 3.51. The van der Waals surface area contributed by atoms with Gasteiger partial charge in [0.2, 0.25) is 0 Å². The molecule has 0 aliphatic carbocycles. The van der Waals surface area contributed by atoms with Crippen LogP contribution in [-0.2, 0) is 16.0 Å². The van der Waals surface area contributed by atoms with Crippen LogP contribution in [0.15, 0.2) is 41.8 Å². The molecule has 1 aromatic carbocycles. The Morgan fingerprint density at radius 1 is 1.16 bits per heavy atom. The van der Waals surface area contributed by atoms with Crippen LogP contribution in [0.3, 0.4) is 0 Å². The SMILES string of the molecule is C[C@@H](NC(=O)c1cc(Cl)cc(S(C)(=O)=O)c1)c1ncnn1-c1ncc(C(F)(F)F)cn1.S. The van der Waals surface area contributed by atoms with E-state index in [-0.39, 0.29) is 40.8 Å². The Morgan fingerprint density at radius 2 is 1.78 bits per heavy atom. The molecule has 0 radical (unpaired) electrons. The van der Waals surface area contributed by atoms with Crippen molar-refractivity contribution in [3.05, 3.63) is 58.9 Å². The van der Waals surface area contributed by atoms with Gasteiger partial charge in [-0.3, -0.25) is 4.79 Å². The molecule has 1 atom stereocenters. The van der Waals surface area contributed by atoms with Crippen LogP contribution in [0.1, 0.15) is 34.7 Å². The van der Waals surface area contributed by atoms with Crippen LogP contribution >= 0.6 is 25.1 Å². The third-order valence-corrected chi connectivity index (χ3v) is 5.34. The normalized spacial score (nSPS) is 12.7. The third kappa shape index (κ3) is 5.75. The Kier molecular flexibility index (Phi) is 7.52. The van der Waals surface area contributed by atoms with Crippen molar-refractivity contribution in [2.75, 3.05) is 6.26 Å². The van der Waals surface area contributed by atoms with Crippen LogP contribution < -0.4 is 5.32 Å². The van der Waals surface area contributed by atoms with E-state index in [1.54, 1.807) is 6.92 Å². The van der Waals surface area contributed by atoms with Crippen LogP contribution in [-0.4, -0.2) is 45.3 Å². The molecule has 1 amide bonds. The average molecular weight is 509 g/mol. The molecule has 172 valence electrons. The number of nitrogens with one attached hydrogen (secondary N) is 1.